The van der Waals surface area contributed by atoms with E-state index in [4.69, 9.17) is 29.2 Å². The van der Waals surface area contributed by atoms with Gasteiger partial charge in [0.15, 0.2) is 0 Å². The summed E-state index contributed by atoms with van der Waals surface area (Å²) in [5, 5.41) is 60.4. The Morgan fingerprint density at radius 2 is 0.633 bits per heavy atom. The number of nitro groups is 3. The van der Waals surface area contributed by atoms with E-state index in [1.54, 1.807) is 122 Å². The van der Waals surface area contributed by atoms with Gasteiger partial charge in [0.05, 0.1) is 67.4 Å². The zero-order valence-electron chi connectivity index (χ0n) is 76.9. The number of rotatable bonds is 33. The van der Waals surface area contributed by atoms with Crippen LogP contribution in [-0.4, -0.2) is 130 Å². The van der Waals surface area contributed by atoms with Crippen LogP contribution in [0.2, 0.25) is 0 Å². The minimum Gasteiger partial charge on any atom is -0.460 e. The van der Waals surface area contributed by atoms with Crippen molar-refractivity contribution in [1.82, 2.24) is 51.8 Å². The number of nitrogens with zero attached hydrogens (tertiary/aromatic N) is 7. The molecule has 10 N–H and O–H groups in total. The molecule has 4 aromatic heterocycles. The first-order chi connectivity index (χ1) is 59.5. The van der Waals surface area contributed by atoms with Crippen LogP contribution in [0.3, 0.4) is 0 Å². The fourth-order valence-electron chi connectivity index (χ4n) is 11.5. The summed E-state index contributed by atoms with van der Waals surface area (Å²) in [6, 6.07) is 21.4. The summed E-state index contributed by atoms with van der Waals surface area (Å²) in [5.41, 5.74) is 11.3. The number of aryl methyl sites for hydroxylation is 4. The van der Waals surface area contributed by atoms with Crippen molar-refractivity contribution in [2.75, 3.05) is 4.72 Å². The molecular formula is C88H125N15O20S5. The maximum absolute atomic E-state index is 13.2. The van der Waals surface area contributed by atoms with E-state index >= 15 is 0 Å². The third kappa shape index (κ3) is 41.4. The number of carbonyl (C=O) groups excluding carboxylic acids is 7. The number of carbonyl (C=O) groups is 7. The summed E-state index contributed by atoms with van der Waals surface area (Å²) >= 11 is 5.89. The Kier molecular flexibility index (Phi) is 43.2. The van der Waals surface area contributed by atoms with Gasteiger partial charge in [-0.3, -0.25) is 58.8 Å². The van der Waals surface area contributed by atoms with Crippen LogP contribution >= 0.6 is 45.3 Å². The van der Waals surface area contributed by atoms with Crippen molar-refractivity contribution >= 4 is 120 Å². The van der Waals surface area contributed by atoms with Crippen molar-refractivity contribution in [3.63, 3.8) is 0 Å². The zero-order chi connectivity index (χ0) is 96.5. The highest BCUT2D eigenvalue weighted by Gasteiger charge is 2.34. The van der Waals surface area contributed by atoms with E-state index in [1.807, 2.05) is 109 Å². The van der Waals surface area contributed by atoms with Gasteiger partial charge in [0.25, 0.3) is 17.1 Å². The summed E-state index contributed by atoms with van der Waals surface area (Å²) in [4.78, 5) is 136. The molecule has 0 spiro atoms. The quantitative estimate of drug-likeness (QED) is 0.00606. The molecule has 40 heteroatoms. The average molecular weight is 1870 g/mol. The van der Waals surface area contributed by atoms with Crippen LogP contribution in [0.15, 0.2) is 119 Å². The predicted molar refractivity (Wildman–Crippen MR) is 497 cm³/mol. The number of amides is 6. The van der Waals surface area contributed by atoms with Crippen LogP contribution in [0.5, 0.6) is 0 Å². The van der Waals surface area contributed by atoms with E-state index in [-0.39, 0.29) is 75.8 Å². The molecule has 4 heterocycles. The number of hydrogen-bond donors (Lipinski definition) is 9. The molecule has 6 amide bonds. The molecule has 0 saturated carbocycles. The van der Waals surface area contributed by atoms with Gasteiger partial charge in [0.1, 0.15) is 60.6 Å². The molecule has 0 aliphatic carbocycles. The third-order valence-corrected chi connectivity index (χ3v) is 22.2. The molecule has 35 nitrogen and oxygen atoms in total. The van der Waals surface area contributed by atoms with Crippen molar-refractivity contribution < 1.29 is 80.2 Å². The van der Waals surface area contributed by atoms with Gasteiger partial charge in [0.2, 0.25) is 17.7 Å². The van der Waals surface area contributed by atoms with Crippen LogP contribution in [-0.2, 0) is 99.8 Å². The van der Waals surface area contributed by atoms with E-state index in [9.17, 15) is 72.3 Å². The second-order valence-corrected chi connectivity index (χ2v) is 39.3. The topological polar surface area (TPSA) is 502 Å². The van der Waals surface area contributed by atoms with Gasteiger partial charge in [-0.25, -0.2) is 34.3 Å². The van der Waals surface area contributed by atoms with Gasteiger partial charge < -0.3 is 56.6 Å². The number of nitro benzene ring substituents is 3. The average Bonchev–Trinajstić information content (AvgIpc) is 1.78. The second-order valence-electron chi connectivity index (χ2n) is 34.6. The largest absolute Gasteiger partial charge is 0.460 e. The first-order valence-electron chi connectivity index (χ1n) is 41.6. The summed E-state index contributed by atoms with van der Waals surface area (Å²) in [5.74, 6) is -1.85. The molecule has 128 heavy (non-hydrogen) atoms. The van der Waals surface area contributed by atoms with Crippen molar-refractivity contribution in [3.05, 3.63) is 214 Å². The molecule has 7 atom stereocenters. The van der Waals surface area contributed by atoms with Crippen molar-refractivity contribution in [1.29, 1.82) is 0 Å². The van der Waals surface area contributed by atoms with Crippen LogP contribution in [0.25, 0.3) is 0 Å². The highest BCUT2D eigenvalue weighted by molar-refractivity contribution is 7.87. The number of benzene rings is 4. The molecule has 8 aromatic rings. The molecule has 0 saturated heterocycles. The number of ether oxygens (including phenoxy) is 4. The van der Waals surface area contributed by atoms with Gasteiger partial charge in [-0.2, -0.15) is 8.42 Å². The van der Waals surface area contributed by atoms with Crippen molar-refractivity contribution in [2.24, 2.45) is 23.5 Å². The lowest BCUT2D eigenvalue weighted by molar-refractivity contribution is -0.385. The summed E-state index contributed by atoms with van der Waals surface area (Å²) in [6.07, 6.45) is 3.01. The summed E-state index contributed by atoms with van der Waals surface area (Å²) in [6.45, 7) is 41.8. The number of thiazole rings is 4. The lowest BCUT2D eigenvalue weighted by Gasteiger charge is -2.27. The van der Waals surface area contributed by atoms with Gasteiger partial charge in [-0.05, 0) is 187 Å². The number of non-ortho nitro benzene ring substituents is 3. The Bertz CT molecular complexity index is 4870. The third-order valence-electron chi connectivity index (χ3n) is 17.6. The highest BCUT2D eigenvalue weighted by atomic mass is 32.2. The normalized spacial score (nSPS) is 13.1. The standard InChI is InChI=1S/C23H34N4O6S2.2C23H32N4O5S.C13H15N3O2S.C6H12O2/c1-7-16-13-34-21(24-16)18(12-15-8-10-17(11-9-15)27-35(30,31)32)25-20(28)19(14(2)3)26-22(29)33-23(4,5)6;2*1-7-16-13-33-21(24-16)18(12-15-8-10-17(11-9-15)27(30)31)25-20(28)19(14(2)3)26-22(29)32-23(4,5)6;1-2-10-8-19-13(15-10)12(14)7-9-3-5-11(6-4-9)16(17)18;1-5(7)8-6(2,3)4/h8-11,13-14,18-19,27H,7,12H2,1-6H3,(H,25,28)(H,26,29)(H,30,31,32);2*8-11,13-14,18-19H,7,12H2,1-6H3,(H,25,28)(H,26,29);3-6,8,12H,2,7,14H2,1H3;1-4H3/t3*18-,19-;12-;/m0000./s1. The van der Waals surface area contributed by atoms with Crippen LogP contribution < -0.4 is 42.4 Å². The van der Waals surface area contributed by atoms with E-state index in [0.29, 0.717) is 25.7 Å². The molecule has 0 aliphatic heterocycles. The zero-order valence-corrected chi connectivity index (χ0v) is 81.0. The molecular weight excluding hydrogens is 1750 g/mol. The number of nitrogens with two attached hydrogens (primary N) is 1. The van der Waals surface area contributed by atoms with Crippen LogP contribution in [0.4, 0.5) is 37.1 Å². The van der Waals surface area contributed by atoms with E-state index in [1.165, 1.54) is 89.5 Å². The lowest BCUT2D eigenvalue weighted by Crippen LogP contribution is -2.51. The monoisotopic (exact) mass is 1870 g/mol. The molecule has 0 fully saturated rings. The molecule has 0 aliphatic rings. The smallest absolute Gasteiger partial charge is 0.408 e. The van der Waals surface area contributed by atoms with Gasteiger partial charge >= 0.3 is 34.6 Å². The number of nitrogens with one attached hydrogen (secondary N) is 7. The van der Waals surface area contributed by atoms with Crippen LogP contribution in [0.1, 0.15) is 248 Å². The molecule has 0 unspecified atom stereocenters. The van der Waals surface area contributed by atoms with E-state index < -0.39 is 96.4 Å². The number of hydrogen-bond acceptors (Lipinski definition) is 28. The Morgan fingerprint density at radius 3 is 0.836 bits per heavy atom. The number of esters is 1. The summed E-state index contributed by atoms with van der Waals surface area (Å²) < 4.78 is 53.7. The number of alkyl carbamates (subject to hydrolysis) is 3. The fourth-order valence-corrected chi connectivity index (χ4v) is 15.7. The Hall–Kier alpha value is -11.0. The first-order valence-corrected chi connectivity index (χ1v) is 46.6. The van der Waals surface area contributed by atoms with Crippen molar-refractivity contribution in [2.45, 2.75) is 275 Å². The minimum absolute atomic E-state index is 0.00304. The van der Waals surface area contributed by atoms with E-state index in [2.05, 4.69) is 58.8 Å². The SMILES string of the molecule is CC(=O)OC(C)(C)C.CCc1csc([C@@H](N)Cc2ccc([N+](=O)[O-])cc2)n1.CCc1csc([C@H](Cc2ccc(NS(=O)(=O)O)cc2)NC(=O)[C@@H](NC(=O)OC(C)(C)C)C(C)C)n1.CCc1csc([C@H](Cc2ccc([N+](=O)[O-])cc2)NC(=O)[C@@H](NC(=O)OC(C)(C)C)C(C)C)n1.CCc1csc([C@H](Cc2ccc([N+](=O)[O-])cc2)NC(=O)[C@@H](NC(=O)OC(C)(C)C)C(C)C)n1. The Morgan fingerprint density at radius 1 is 0.398 bits per heavy atom. The maximum Gasteiger partial charge on any atom is 0.408 e. The Balaban J connectivity index is 0.000000352. The second kappa shape index (κ2) is 50.6. The molecule has 702 valence electrons. The number of aromatic nitrogens is 4. The predicted octanol–water partition coefficient (Wildman–Crippen LogP) is 17.2. The van der Waals surface area contributed by atoms with Gasteiger partial charge in [0, 0.05) is 64.8 Å². The molecule has 0 radical (unpaired) electrons. The van der Waals surface area contributed by atoms with E-state index in [0.717, 1.165) is 90.7 Å². The van der Waals surface area contributed by atoms with Gasteiger partial charge in [-0.1, -0.05) is 118 Å². The Labute approximate surface area is 765 Å². The highest BCUT2D eigenvalue weighted by Crippen LogP contribution is 2.30. The maximum atomic E-state index is 13.2. The van der Waals surface area contributed by atoms with Crippen LogP contribution in [0, 0.1) is 48.1 Å². The molecule has 0 bridgehead atoms. The summed E-state index contributed by atoms with van der Waals surface area (Å²) in [7, 11) is -4.37. The first kappa shape index (κ1) is 109. The number of anilines is 1. The van der Waals surface area contributed by atoms with Crippen molar-refractivity contribution in [3.8, 4) is 0 Å². The lowest BCUT2D eigenvalue weighted by atomic mass is 10.0. The fraction of sp³-hybridized carbons (Fsp3) is 0.511. The molecule has 8 rings (SSSR count). The van der Waals surface area contributed by atoms with Gasteiger partial charge in [-0.15, -0.1) is 45.3 Å². The molecule has 4 aromatic carbocycles. The minimum atomic E-state index is -4.37.